The maximum Gasteiger partial charge on any atom is 0.180 e. The second kappa shape index (κ2) is 10.2. The molecule has 0 aliphatic heterocycles. The zero-order valence-electron chi connectivity index (χ0n) is 12.4. The van der Waals surface area contributed by atoms with Crippen LogP contribution < -0.4 is 0 Å². The lowest BCUT2D eigenvalue weighted by Crippen LogP contribution is -2.23. The number of benzene rings is 1. The van der Waals surface area contributed by atoms with E-state index in [1.54, 1.807) is 11.8 Å². The Labute approximate surface area is 125 Å². The van der Waals surface area contributed by atoms with Crippen LogP contribution in [0, 0.1) is 0 Å². The Hall–Kier alpha value is -0.590. The first-order valence-electron chi connectivity index (χ1n) is 6.82. The van der Waals surface area contributed by atoms with E-state index in [4.69, 9.17) is 14.2 Å². The third-order valence-corrected chi connectivity index (χ3v) is 3.57. The molecule has 4 nitrogen and oxygen atoms in total. The number of ether oxygens (including phenoxy) is 3. The van der Waals surface area contributed by atoms with Crippen molar-refractivity contribution in [3.05, 3.63) is 29.3 Å². The van der Waals surface area contributed by atoms with Crippen molar-refractivity contribution in [2.24, 2.45) is 0 Å². The lowest BCUT2D eigenvalue weighted by molar-refractivity contribution is -0.169. The largest absolute Gasteiger partial charge is 0.392 e. The Bertz CT molecular complexity index is 378. The van der Waals surface area contributed by atoms with Crippen LogP contribution in [0.2, 0.25) is 0 Å². The zero-order valence-corrected chi connectivity index (χ0v) is 13.2. The summed E-state index contributed by atoms with van der Waals surface area (Å²) in [6.45, 7) is 6.07. The van der Waals surface area contributed by atoms with Gasteiger partial charge in [0.2, 0.25) is 0 Å². The molecule has 0 amide bonds. The SMILES string of the molecule is CCOC(COCc1ccc(CO)c(SC)c1)OCC. The molecular formula is C15H24O4S. The van der Waals surface area contributed by atoms with E-state index in [2.05, 4.69) is 0 Å². The fraction of sp³-hybridized carbons (Fsp3) is 0.600. The topological polar surface area (TPSA) is 47.9 Å². The Morgan fingerprint density at radius 3 is 2.45 bits per heavy atom. The minimum atomic E-state index is -0.304. The van der Waals surface area contributed by atoms with Gasteiger partial charge in [0.25, 0.3) is 0 Å². The first-order valence-corrected chi connectivity index (χ1v) is 8.05. The molecule has 0 heterocycles. The van der Waals surface area contributed by atoms with Crippen molar-refractivity contribution in [3.8, 4) is 0 Å². The molecule has 114 valence electrons. The third-order valence-electron chi connectivity index (χ3n) is 2.75. The lowest BCUT2D eigenvalue weighted by Gasteiger charge is -2.17. The molecule has 1 aromatic carbocycles. The molecule has 0 aliphatic rings. The second-order valence-corrected chi connectivity index (χ2v) is 5.01. The highest BCUT2D eigenvalue weighted by Gasteiger charge is 2.08. The highest BCUT2D eigenvalue weighted by atomic mass is 32.2. The minimum absolute atomic E-state index is 0.0636. The van der Waals surface area contributed by atoms with Gasteiger partial charge in [-0.1, -0.05) is 12.1 Å². The van der Waals surface area contributed by atoms with Crippen LogP contribution in [0.5, 0.6) is 0 Å². The van der Waals surface area contributed by atoms with Gasteiger partial charge in [0.1, 0.15) is 0 Å². The zero-order chi connectivity index (χ0) is 14.8. The summed E-state index contributed by atoms with van der Waals surface area (Å²) < 4.78 is 16.5. The Kier molecular flexibility index (Phi) is 8.89. The summed E-state index contributed by atoms with van der Waals surface area (Å²) in [6, 6.07) is 5.96. The first-order chi connectivity index (χ1) is 9.74. The molecule has 0 aliphatic carbocycles. The molecule has 0 atom stereocenters. The number of hydrogen-bond donors (Lipinski definition) is 1. The van der Waals surface area contributed by atoms with Crippen LogP contribution in [-0.2, 0) is 27.4 Å². The molecule has 0 bridgehead atoms. The molecule has 1 aromatic rings. The van der Waals surface area contributed by atoms with E-state index in [1.807, 2.05) is 38.3 Å². The van der Waals surface area contributed by atoms with Crippen LogP contribution >= 0.6 is 11.8 Å². The lowest BCUT2D eigenvalue weighted by atomic mass is 10.1. The summed E-state index contributed by atoms with van der Waals surface area (Å²) in [5, 5.41) is 9.23. The van der Waals surface area contributed by atoms with Gasteiger partial charge in [-0.05, 0) is 37.3 Å². The average molecular weight is 300 g/mol. The van der Waals surface area contributed by atoms with Crippen LogP contribution in [0.15, 0.2) is 23.1 Å². The molecular weight excluding hydrogens is 276 g/mol. The van der Waals surface area contributed by atoms with Crippen molar-refractivity contribution >= 4 is 11.8 Å². The van der Waals surface area contributed by atoms with Gasteiger partial charge in [0.05, 0.1) is 19.8 Å². The quantitative estimate of drug-likeness (QED) is 0.532. The molecule has 0 spiro atoms. The summed E-state index contributed by atoms with van der Waals surface area (Å²) >= 11 is 1.63. The number of hydrogen-bond acceptors (Lipinski definition) is 5. The van der Waals surface area contributed by atoms with E-state index in [1.165, 1.54) is 0 Å². The first kappa shape index (κ1) is 17.5. The van der Waals surface area contributed by atoms with Crippen LogP contribution in [0.4, 0.5) is 0 Å². The number of aliphatic hydroxyl groups is 1. The van der Waals surface area contributed by atoms with E-state index >= 15 is 0 Å². The Morgan fingerprint density at radius 2 is 1.90 bits per heavy atom. The summed E-state index contributed by atoms with van der Waals surface area (Å²) in [6.07, 6.45) is 1.70. The molecule has 0 radical (unpaired) electrons. The third kappa shape index (κ3) is 5.81. The van der Waals surface area contributed by atoms with E-state index in [-0.39, 0.29) is 12.9 Å². The normalized spacial score (nSPS) is 11.2. The highest BCUT2D eigenvalue weighted by Crippen LogP contribution is 2.22. The Balaban J connectivity index is 2.48. The van der Waals surface area contributed by atoms with Gasteiger partial charge in [0, 0.05) is 18.1 Å². The van der Waals surface area contributed by atoms with Crippen LogP contribution in [0.25, 0.3) is 0 Å². The monoisotopic (exact) mass is 300 g/mol. The second-order valence-electron chi connectivity index (χ2n) is 4.16. The van der Waals surface area contributed by atoms with Crippen molar-refractivity contribution < 1.29 is 19.3 Å². The van der Waals surface area contributed by atoms with Gasteiger partial charge in [-0.3, -0.25) is 0 Å². The summed E-state index contributed by atoms with van der Waals surface area (Å²) in [7, 11) is 0. The minimum Gasteiger partial charge on any atom is -0.392 e. The van der Waals surface area contributed by atoms with Gasteiger partial charge in [0.15, 0.2) is 6.29 Å². The van der Waals surface area contributed by atoms with Crippen LogP contribution in [0.3, 0.4) is 0 Å². The van der Waals surface area contributed by atoms with E-state index < -0.39 is 0 Å². The molecule has 20 heavy (non-hydrogen) atoms. The maximum atomic E-state index is 9.23. The fourth-order valence-electron chi connectivity index (χ4n) is 1.80. The van der Waals surface area contributed by atoms with E-state index in [0.29, 0.717) is 26.4 Å². The van der Waals surface area contributed by atoms with Crippen molar-refractivity contribution in [1.82, 2.24) is 0 Å². The summed E-state index contributed by atoms with van der Waals surface area (Å²) in [5.74, 6) is 0. The average Bonchev–Trinajstić information content (AvgIpc) is 2.47. The highest BCUT2D eigenvalue weighted by molar-refractivity contribution is 7.98. The maximum absolute atomic E-state index is 9.23. The molecule has 5 heteroatoms. The molecule has 1 rings (SSSR count). The van der Waals surface area contributed by atoms with Crippen molar-refractivity contribution in [2.45, 2.75) is 38.2 Å². The molecule has 0 aromatic heterocycles. The molecule has 1 N–H and O–H groups in total. The van der Waals surface area contributed by atoms with Crippen LogP contribution in [-0.4, -0.2) is 37.5 Å². The van der Waals surface area contributed by atoms with Crippen molar-refractivity contribution in [2.75, 3.05) is 26.1 Å². The number of aliphatic hydroxyl groups excluding tert-OH is 1. The molecule has 0 unspecified atom stereocenters. The van der Waals surface area contributed by atoms with Gasteiger partial charge < -0.3 is 19.3 Å². The molecule has 0 saturated heterocycles. The van der Waals surface area contributed by atoms with Gasteiger partial charge in [-0.15, -0.1) is 11.8 Å². The number of thioether (sulfide) groups is 1. The van der Waals surface area contributed by atoms with Crippen molar-refractivity contribution in [3.63, 3.8) is 0 Å². The summed E-state index contributed by atoms with van der Waals surface area (Å²) in [5.41, 5.74) is 2.03. The standard InChI is InChI=1S/C15H24O4S/c1-4-18-15(19-5-2)11-17-10-12-6-7-13(9-16)14(8-12)20-3/h6-8,15-16H,4-5,9-11H2,1-3H3. The Morgan fingerprint density at radius 1 is 1.20 bits per heavy atom. The van der Waals surface area contributed by atoms with Gasteiger partial charge in [-0.2, -0.15) is 0 Å². The smallest absolute Gasteiger partial charge is 0.180 e. The molecule has 0 saturated carbocycles. The van der Waals surface area contributed by atoms with Gasteiger partial charge in [-0.25, -0.2) is 0 Å². The van der Waals surface area contributed by atoms with Crippen molar-refractivity contribution in [1.29, 1.82) is 0 Å². The predicted octanol–water partition coefficient (Wildman–Crippen LogP) is 2.82. The fourth-order valence-corrected chi connectivity index (χ4v) is 2.46. The molecule has 0 fully saturated rings. The van der Waals surface area contributed by atoms with Crippen LogP contribution in [0.1, 0.15) is 25.0 Å². The number of rotatable bonds is 10. The summed E-state index contributed by atoms with van der Waals surface area (Å²) in [4.78, 5) is 1.08. The van der Waals surface area contributed by atoms with E-state index in [0.717, 1.165) is 16.0 Å². The van der Waals surface area contributed by atoms with E-state index in [9.17, 15) is 5.11 Å². The predicted molar refractivity (Wildman–Crippen MR) is 80.8 cm³/mol. The van der Waals surface area contributed by atoms with Gasteiger partial charge >= 0.3 is 0 Å².